The van der Waals surface area contributed by atoms with Gasteiger partial charge in [0.1, 0.15) is 16.5 Å². The molecule has 0 saturated carbocycles. The maximum atomic E-state index is 6.00. The smallest absolute Gasteiger partial charge is 0.137 e. The van der Waals surface area contributed by atoms with Gasteiger partial charge in [0.15, 0.2) is 0 Å². The Labute approximate surface area is 131 Å². The highest BCUT2D eigenvalue weighted by atomic mass is 32.1. The first-order chi connectivity index (χ1) is 9.79. The number of hydrogen-bond acceptors (Lipinski definition) is 2. The minimum absolute atomic E-state index is 0.125. The number of rotatable bonds is 3. The molecule has 0 unspecified atom stereocenters. The van der Waals surface area contributed by atoms with Crippen LogP contribution in [-0.4, -0.2) is 4.99 Å². The Balaban J connectivity index is 2.35. The Morgan fingerprint density at radius 3 is 2.29 bits per heavy atom. The lowest BCUT2D eigenvalue weighted by Crippen LogP contribution is -2.12. The van der Waals surface area contributed by atoms with Crippen molar-refractivity contribution in [2.24, 2.45) is 5.73 Å². The quantitative estimate of drug-likeness (QED) is 0.833. The highest BCUT2D eigenvalue weighted by molar-refractivity contribution is 7.80. The van der Waals surface area contributed by atoms with E-state index in [1.54, 1.807) is 0 Å². The number of nitrogens with two attached hydrogens (primary N) is 1. The van der Waals surface area contributed by atoms with Crippen LogP contribution in [0, 0.1) is 6.92 Å². The SMILES string of the molecule is Cc1cc(C(C)(C)C)ccc1Oc1ccccc1C(N)=S. The second-order valence-electron chi connectivity index (χ2n) is 6.19. The van der Waals surface area contributed by atoms with E-state index in [0.717, 1.165) is 16.9 Å². The zero-order chi connectivity index (χ0) is 15.6. The van der Waals surface area contributed by atoms with Crippen molar-refractivity contribution in [1.29, 1.82) is 0 Å². The van der Waals surface area contributed by atoms with Crippen LogP contribution >= 0.6 is 12.2 Å². The molecule has 2 N–H and O–H groups in total. The first-order valence-electron chi connectivity index (χ1n) is 6.97. The lowest BCUT2D eigenvalue weighted by Gasteiger charge is -2.21. The van der Waals surface area contributed by atoms with E-state index in [1.165, 1.54) is 5.56 Å². The molecule has 2 rings (SSSR count). The van der Waals surface area contributed by atoms with Crippen molar-refractivity contribution in [3.63, 3.8) is 0 Å². The second kappa shape index (κ2) is 5.86. The van der Waals surface area contributed by atoms with Gasteiger partial charge in [-0.1, -0.05) is 57.3 Å². The molecule has 0 aliphatic rings. The zero-order valence-electron chi connectivity index (χ0n) is 12.9. The molecule has 110 valence electrons. The van der Waals surface area contributed by atoms with Crippen molar-refractivity contribution in [2.75, 3.05) is 0 Å². The molecule has 2 nitrogen and oxygen atoms in total. The maximum absolute atomic E-state index is 6.00. The average Bonchev–Trinajstić information content (AvgIpc) is 2.40. The molecule has 0 aromatic heterocycles. The van der Waals surface area contributed by atoms with E-state index in [1.807, 2.05) is 37.3 Å². The molecule has 3 heteroatoms. The van der Waals surface area contributed by atoms with Gasteiger partial charge in [0, 0.05) is 0 Å². The topological polar surface area (TPSA) is 35.2 Å². The summed E-state index contributed by atoms with van der Waals surface area (Å²) < 4.78 is 6.00. The number of aryl methyl sites for hydroxylation is 1. The lowest BCUT2D eigenvalue weighted by atomic mass is 9.86. The number of hydrogen-bond donors (Lipinski definition) is 1. The lowest BCUT2D eigenvalue weighted by molar-refractivity contribution is 0.476. The summed E-state index contributed by atoms with van der Waals surface area (Å²) in [6, 6.07) is 13.8. The molecule has 0 bridgehead atoms. The molecule has 0 heterocycles. The summed E-state index contributed by atoms with van der Waals surface area (Å²) >= 11 is 5.07. The predicted octanol–water partition coefficient (Wildman–Crippen LogP) is 4.72. The van der Waals surface area contributed by atoms with Gasteiger partial charge >= 0.3 is 0 Å². The third-order valence-corrected chi connectivity index (χ3v) is 3.63. The standard InChI is InChI=1S/C18H21NOS/c1-12-11-13(18(2,3)4)9-10-15(12)20-16-8-6-5-7-14(16)17(19)21/h5-11H,1-4H3,(H2,19,21). The van der Waals surface area contributed by atoms with Crippen LogP contribution in [0.2, 0.25) is 0 Å². The Bertz CT molecular complexity index is 671. The van der Waals surface area contributed by atoms with E-state index in [0.29, 0.717) is 10.7 Å². The van der Waals surface area contributed by atoms with Gasteiger partial charge in [-0.25, -0.2) is 0 Å². The maximum Gasteiger partial charge on any atom is 0.137 e. The summed E-state index contributed by atoms with van der Waals surface area (Å²) in [7, 11) is 0. The summed E-state index contributed by atoms with van der Waals surface area (Å²) in [5.41, 5.74) is 9.00. The molecule has 21 heavy (non-hydrogen) atoms. The van der Waals surface area contributed by atoms with Gasteiger partial charge < -0.3 is 10.5 Å². The van der Waals surface area contributed by atoms with Crippen molar-refractivity contribution in [1.82, 2.24) is 0 Å². The fraction of sp³-hybridized carbons (Fsp3) is 0.278. The van der Waals surface area contributed by atoms with Crippen LogP contribution in [0.25, 0.3) is 0 Å². The van der Waals surface area contributed by atoms with Crippen LogP contribution in [0.4, 0.5) is 0 Å². The Morgan fingerprint density at radius 1 is 1.05 bits per heavy atom. The number of para-hydroxylation sites is 1. The number of thiocarbonyl (C=S) groups is 1. The molecule has 0 amide bonds. The molecule has 0 saturated heterocycles. The van der Waals surface area contributed by atoms with Crippen molar-refractivity contribution >= 4 is 17.2 Å². The first-order valence-corrected chi connectivity index (χ1v) is 7.37. The molecule has 0 aliphatic heterocycles. The van der Waals surface area contributed by atoms with Gasteiger partial charge in [-0.05, 0) is 41.7 Å². The van der Waals surface area contributed by atoms with Crippen LogP contribution in [-0.2, 0) is 5.41 Å². The van der Waals surface area contributed by atoms with Gasteiger partial charge in [0.25, 0.3) is 0 Å². The normalized spacial score (nSPS) is 11.2. The average molecular weight is 299 g/mol. The van der Waals surface area contributed by atoms with Crippen LogP contribution in [0.5, 0.6) is 11.5 Å². The van der Waals surface area contributed by atoms with E-state index in [9.17, 15) is 0 Å². The summed E-state index contributed by atoms with van der Waals surface area (Å²) in [6.07, 6.45) is 0. The zero-order valence-corrected chi connectivity index (χ0v) is 13.8. The van der Waals surface area contributed by atoms with Gasteiger partial charge in [-0.15, -0.1) is 0 Å². The van der Waals surface area contributed by atoms with Crippen molar-refractivity contribution < 1.29 is 4.74 Å². The Morgan fingerprint density at radius 2 is 1.71 bits per heavy atom. The summed E-state index contributed by atoms with van der Waals surface area (Å²) in [4.78, 5) is 0.342. The minimum atomic E-state index is 0.125. The molecular formula is C18H21NOS. The largest absolute Gasteiger partial charge is 0.456 e. The van der Waals surface area contributed by atoms with Gasteiger partial charge in [0.2, 0.25) is 0 Å². The van der Waals surface area contributed by atoms with E-state index in [4.69, 9.17) is 22.7 Å². The van der Waals surface area contributed by atoms with Gasteiger partial charge in [-0.2, -0.15) is 0 Å². The molecule has 0 aliphatic carbocycles. The highest BCUT2D eigenvalue weighted by Crippen LogP contribution is 2.31. The first kappa shape index (κ1) is 15.5. The van der Waals surface area contributed by atoms with Crippen molar-refractivity contribution in [2.45, 2.75) is 33.1 Å². The fourth-order valence-corrected chi connectivity index (χ4v) is 2.28. The third-order valence-electron chi connectivity index (χ3n) is 3.41. The molecular weight excluding hydrogens is 278 g/mol. The summed E-state index contributed by atoms with van der Waals surface area (Å²) in [5, 5.41) is 0. The van der Waals surface area contributed by atoms with Crippen LogP contribution in [0.15, 0.2) is 42.5 Å². The van der Waals surface area contributed by atoms with E-state index in [-0.39, 0.29) is 5.41 Å². The third kappa shape index (κ3) is 3.61. The molecule has 0 fully saturated rings. The molecule has 0 radical (unpaired) electrons. The predicted molar refractivity (Wildman–Crippen MR) is 92.3 cm³/mol. The van der Waals surface area contributed by atoms with Crippen LogP contribution in [0.1, 0.15) is 37.5 Å². The van der Waals surface area contributed by atoms with E-state index in [2.05, 4.69) is 32.9 Å². The number of benzene rings is 2. The fourth-order valence-electron chi connectivity index (χ4n) is 2.11. The molecule has 0 spiro atoms. The Kier molecular flexibility index (Phi) is 4.33. The van der Waals surface area contributed by atoms with Crippen LogP contribution in [0.3, 0.4) is 0 Å². The van der Waals surface area contributed by atoms with Crippen molar-refractivity contribution in [3.05, 3.63) is 59.2 Å². The van der Waals surface area contributed by atoms with Crippen molar-refractivity contribution in [3.8, 4) is 11.5 Å². The molecule has 0 atom stereocenters. The van der Waals surface area contributed by atoms with Gasteiger partial charge in [0.05, 0.1) is 5.56 Å². The Hall–Kier alpha value is -1.87. The van der Waals surface area contributed by atoms with Gasteiger partial charge in [-0.3, -0.25) is 0 Å². The molecule has 2 aromatic carbocycles. The number of ether oxygens (including phenoxy) is 1. The highest BCUT2D eigenvalue weighted by Gasteiger charge is 2.15. The molecule has 2 aromatic rings. The minimum Gasteiger partial charge on any atom is -0.456 e. The monoisotopic (exact) mass is 299 g/mol. The van der Waals surface area contributed by atoms with Crippen LogP contribution < -0.4 is 10.5 Å². The summed E-state index contributed by atoms with van der Waals surface area (Å²) in [5.74, 6) is 1.52. The summed E-state index contributed by atoms with van der Waals surface area (Å²) in [6.45, 7) is 8.65. The second-order valence-corrected chi connectivity index (χ2v) is 6.63. The van der Waals surface area contributed by atoms with E-state index >= 15 is 0 Å². The van der Waals surface area contributed by atoms with E-state index < -0.39 is 0 Å².